The number of hydrogen-bond acceptors (Lipinski definition) is 3. The maximum absolute atomic E-state index is 10.5. The lowest BCUT2D eigenvalue weighted by molar-refractivity contribution is -0.118. The van der Waals surface area contributed by atoms with Crippen molar-refractivity contribution >= 4 is 5.78 Å². The van der Waals surface area contributed by atoms with Gasteiger partial charge in [0.1, 0.15) is 6.26 Å². The summed E-state index contributed by atoms with van der Waals surface area (Å²) in [5.74, 6) is 0.152. The molecular weight excluding hydrogens is 106 g/mol. The average molecular weight is 113 g/mol. The summed E-state index contributed by atoms with van der Waals surface area (Å²) in [6.45, 7) is 0.312. The fraction of sp³-hybridized carbons (Fsp3) is 0.400. The molecule has 1 rings (SSSR count). The van der Waals surface area contributed by atoms with Crippen LogP contribution in [0, 0.1) is 0 Å². The fourth-order valence-corrected chi connectivity index (χ4v) is 0.470. The Kier molecular flexibility index (Phi) is 1.64. The first kappa shape index (κ1) is 5.31. The Hall–Kier alpha value is -0.830. The number of Topliss-reactive ketones (excluding diaryl/α,β-unsaturated/α-hetero) is 1. The molecule has 0 spiro atoms. The Morgan fingerprint density at radius 3 is 3.50 bits per heavy atom. The predicted octanol–water partition coefficient (Wildman–Crippen LogP) is -0.00590. The lowest BCUT2D eigenvalue weighted by atomic mass is 10.3. The molecule has 0 fully saturated rings. The molecule has 0 amide bonds. The first-order valence-electron chi connectivity index (χ1n) is 2.45. The van der Waals surface area contributed by atoms with Gasteiger partial charge in [0.2, 0.25) is 0 Å². The van der Waals surface area contributed by atoms with Crippen molar-refractivity contribution in [2.45, 2.75) is 6.42 Å². The van der Waals surface area contributed by atoms with Crippen molar-refractivity contribution in [3.8, 4) is 0 Å². The molecular formula is C5H7NO2. The highest BCUT2D eigenvalue weighted by molar-refractivity contribution is 5.81. The standard InChI is InChI=1S/C5H7NO2/c7-5-2-1-3-8-6-4-5/h1,3,6H,2,4H2. The van der Waals surface area contributed by atoms with Gasteiger partial charge in [0.25, 0.3) is 0 Å². The van der Waals surface area contributed by atoms with Gasteiger partial charge in [-0.15, -0.1) is 0 Å². The highest BCUT2D eigenvalue weighted by Crippen LogP contribution is 1.88. The van der Waals surface area contributed by atoms with Crippen LogP contribution in [-0.2, 0) is 9.63 Å². The number of carbonyl (C=O) groups is 1. The molecule has 0 aliphatic carbocycles. The summed E-state index contributed by atoms with van der Waals surface area (Å²) in [5, 5.41) is 0. The van der Waals surface area contributed by atoms with Gasteiger partial charge < -0.3 is 4.84 Å². The third kappa shape index (κ3) is 1.35. The molecule has 1 aliphatic rings. The van der Waals surface area contributed by atoms with Crippen molar-refractivity contribution in [3.63, 3.8) is 0 Å². The molecule has 3 heteroatoms. The van der Waals surface area contributed by atoms with Gasteiger partial charge in [-0.3, -0.25) is 4.79 Å². The van der Waals surface area contributed by atoms with Gasteiger partial charge in [0, 0.05) is 6.42 Å². The third-order valence-corrected chi connectivity index (χ3v) is 0.862. The van der Waals surface area contributed by atoms with Crippen LogP contribution in [0.25, 0.3) is 0 Å². The molecule has 0 aromatic rings. The van der Waals surface area contributed by atoms with Crippen molar-refractivity contribution < 1.29 is 9.63 Å². The summed E-state index contributed by atoms with van der Waals surface area (Å²) in [6.07, 6.45) is 3.64. The smallest absolute Gasteiger partial charge is 0.153 e. The lowest BCUT2D eigenvalue weighted by Crippen LogP contribution is -2.18. The van der Waals surface area contributed by atoms with Crippen LogP contribution in [-0.4, -0.2) is 12.3 Å². The van der Waals surface area contributed by atoms with Crippen LogP contribution in [0.15, 0.2) is 12.3 Å². The first-order chi connectivity index (χ1) is 3.89. The summed E-state index contributed by atoms with van der Waals surface area (Å²) < 4.78 is 0. The van der Waals surface area contributed by atoms with E-state index in [2.05, 4.69) is 10.3 Å². The fourth-order valence-electron chi connectivity index (χ4n) is 0.470. The minimum atomic E-state index is 0.152. The zero-order valence-corrected chi connectivity index (χ0v) is 4.39. The van der Waals surface area contributed by atoms with Crippen LogP contribution in [0.5, 0.6) is 0 Å². The highest BCUT2D eigenvalue weighted by atomic mass is 16.6. The van der Waals surface area contributed by atoms with Crippen molar-refractivity contribution in [3.05, 3.63) is 12.3 Å². The monoisotopic (exact) mass is 113 g/mol. The molecule has 0 radical (unpaired) electrons. The number of nitrogens with one attached hydrogen (secondary N) is 1. The maximum Gasteiger partial charge on any atom is 0.153 e. The Balaban J connectivity index is 2.41. The lowest BCUT2D eigenvalue weighted by Gasteiger charge is -1.93. The van der Waals surface area contributed by atoms with E-state index < -0.39 is 0 Å². The second kappa shape index (κ2) is 2.47. The number of hydroxylamine groups is 1. The molecule has 0 aromatic heterocycles. The van der Waals surface area contributed by atoms with Crippen LogP contribution in [0.1, 0.15) is 6.42 Å². The number of carbonyl (C=O) groups excluding carboxylic acids is 1. The molecule has 8 heavy (non-hydrogen) atoms. The SMILES string of the molecule is O=C1CC=CONC1. The van der Waals surface area contributed by atoms with E-state index >= 15 is 0 Å². The van der Waals surface area contributed by atoms with Gasteiger partial charge >= 0.3 is 0 Å². The number of rotatable bonds is 0. The topological polar surface area (TPSA) is 38.3 Å². The van der Waals surface area contributed by atoms with Crippen LogP contribution in [0.4, 0.5) is 0 Å². The molecule has 1 aliphatic heterocycles. The Bertz CT molecular complexity index is 120. The molecule has 0 saturated heterocycles. The highest BCUT2D eigenvalue weighted by Gasteiger charge is 1.99. The summed E-state index contributed by atoms with van der Waals surface area (Å²) in [7, 11) is 0. The van der Waals surface area contributed by atoms with Crippen LogP contribution in [0.2, 0.25) is 0 Å². The average Bonchev–Trinajstić information content (AvgIpc) is 1.94. The molecule has 3 nitrogen and oxygen atoms in total. The van der Waals surface area contributed by atoms with E-state index in [0.29, 0.717) is 13.0 Å². The van der Waals surface area contributed by atoms with Crippen molar-refractivity contribution in [2.24, 2.45) is 0 Å². The van der Waals surface area contributed by atoms with Crippen LogP contribution < -0.4 is 5.48 Å². The molecule has 1 heterocycles. The van der Waals surface area contributed by atoms with E-state index in [1.807, 2.05) is 0 Å². The Labute approximate surface area is 47.3 Å². The molecule has 0 saturated carbocycles. The van der Waals surface area contributed by atoms with E-state index in [9.17, 15) is 4.79 Å². The normalized spacial score (nSPS) is 19.8. The van der Waals surface area contributed by atoms with Gasteiger partial charge in [-0.1, -0.05) is 0 Å². The summed E-state index contributed by atoms with van der Waals surface area (Å²) in [6, 6.07) is 0. The van der Waals surface area contributed by atoms with Gasteiger partial charge in [-0.05, 0) is 6.08 Å². The van der Waals surface area contributed by atoms with Gasteiger partial charge in [0.15, 0.2) is 5.78 Å². The van der Waals surface area contributed by atoms with Gasteiger partial charge in [-0.2, -0.15) is 5.48 Å². The number of hydrogen-bond donors (Lipinski definition) is 1. The van der Waals surface area contributed by atoms with E-state index in [-0.39, 0.29) is 5.78 Å². The zero-order valence-electron chi connectivity index (χ0n) is 4.39. The maximum atomic E-state index is 10.5. The largest absolute Gasteiger partial charge is 0.416 e. The second-order valence-electron chi connectivity index (χ2n) is 1.55. The van der Waals surface area contributed by atoms with Gasteiger partial charge in [0.05, 0.1) is 6.54 Å². The second-order valence-corrected chi connectivity index (χ2v) is 1.55. The Morgan fingerprint density at radius 2 is 2.62 bits per heavy atom. The van der Waals surface area contributed by atoms with Crippen LogP contribution in [0.3, 0.4) is 0 Å². The molecule has 0 bridgehead atoms. The summed E-state index contributed by atoms with van der Waals surface area (Å²) >= 11 is 0. The van der Waals surface area contributed by atoms with E-state index in [1.54, 1.807) is 6.08 Å². The predicted molar refractivity (Wildman–Crippen MR) is 27.9 cm³/mol. The molecule has 0 aromatic carbocycles. The van der Waals surface area contributed by atoms with Crippen molar-refractivity contribution in [1.29, 1.82) is 0 Å². The minimum Gasteiger partial charge on any atom is -0.416 e. The first-order valence-corrected chi connectivity index (χ1v) is 2.45. The molecule has 0 atom stereocenters. The van der Waals surface area contributed by atoms with E-state index in [4.69, 9.17) is 0 Å². The van der Waals surface area contributed by atoms with Crippen molar-refractivity contribution in [2.75, 3.05) is 6.54 Å². The molecule has 1 N–H and O–H groups in total. The number of ketones is 1. The zero-order chi connectivity index (χ0) is 5.82. The Morgan fingerprint density at radius 1 is 1.75 bits per heavy atom. The molecule has 44 valence electrons. The van der Waals surface area contributed by atoms with E-state index in [1.165, 1.54) is 6.26 Å². The summed E-state index contributed by atoms with van der Waals surface area (Å²) in [5.41, 5.74) is 2.46. The van der Waals surface area contributed by atoms with Crippen LogP contribution >= 0.6 is 0 Å². The van der Waals surface area contributed by atoms with E-state index in [0.717, 1.165) is 0 Å². The van der Waals surface area contributed by atoms with Gasteiger partial charge in [-0.25, -0.2) is 0 Å². The quantitative estimate of drug-likeness (QED) is 0.480. The number of allylic oxidation sites excluding steroid dienone is 1. The minimum absolute atomic E-state index is 0.152. The summed E-state index contributed by atoms with van der Waals surface area (Å²) in [4.78, 5) is 15.1. The third-order valence-electron chi connectivity index (χ3n) is 0.862. The van der Waals surface area contributed by atoms with Crippen molar-refractivity contribution in [1.82, 2.24) is 5.48 Å². The molecule has 0 unspecified atom stereocenters.